The third kappa shape index (κ3) is 5.54. The Labute approximate surface area is 248 Å². The zero-order chi connectivity index (χ0) is 28.8. The fourth-order valence-corrected chi connectivity index (χ4v) is 7.61. The highest BCUT2D eigenvalue weighted by Crippen LogP contribution is 2.47. The summed E-state index contributed by atoms with van der Waals surface area (Å²) in [5.74, 6) is 1.45. The number of methoxy groups -OCH3 is 1. The number of hydrogen-bond donors (Lipinski definition) is 1. The van der Waals surface area contributed by atoms with Gasteiger partial charge in [0.1, 0.15) is 0 Å². The molecule has 222 valence electrons. The number of piperidine rings is 1. The van der Waals surface area contributed by atoms with Crippen LogP contribution in [0.3, 0.4) is 0 Å². The Morgan fingerprint density at radius 1 is 1.10 bits per heavy atom. The molecule has 3 aromatic rings. The molecule has 5 heterocycles. The Morgan fingerprint density at radius 2 is 1.90 bits per heavy atom. The summed E-state index contributed by atoms with van der Waals surface area (Å²) in [5.41, 5.74) is 2.36. The van der Waals surface area contributed by atoms with Gasteiger partial charge in [0, 0.05) is 56.0 Å². The summed E-state index contributed by atoms with van der Waals surface area (Å²) >= 11 is 0. The normalized spacial score (nSPS) is 26.1. The number of pyridine rings is 1. The molecular formula is C34H42N4O4. The molecule has 1 aromatic heterocycles. The van der Waals surface area contributed by atoms with Crippen LogP contribution >= 0.6 is 0 Å². The van der Waals surface area contributed by atoms with Crippen molar-refractivity contribution in [1.82, 2.24) is 20.1 Å². The third-order valence-electron chi connectivity index (χ3n) is 9.48. The molecule has 4 aliphatic heterocycles. The highest BCUT2D eigenvalue weighted by molar-refractivity contribution is 5.96. The summed E-state index contributed by atoms with van der Waals surface area (Å²) in [4.78, 5) is 23.9. The smallest absolute Gasteiger partial charge is 0.254 e. The van der Waals surface area contributed by atoms with Crippen LogP contribution in [-0.2, 0) is 6.54 Å². The minimum absolute atomic E-state index is 0.0499. The number of carbonyl (C=O) groups excluding carboxylic acids is 1. The number of nitrogens with zero attached hydrogens (tertiary/aromatic N) is 3. The molecule has 0 saturated carbocycles. The average molecular weight is 571 g/mol. The van der Waals surface area contributed by atoms with Crippen LogP contribution in [0.25, 0.3) is 10.9 Å². The molecule has 1 amide bonds. The first-order chi connectivity index (χ1) is 20.3. The van der Waals surface area contributed by atoms with Gasteiger partial charge in [-0.2, -0.15) is 0 Å². The predicted molar refractivity (Wildman–Crippen MR) is 162 cm³/mol. The number of hydrogen-bond acceptors (Lipinski definition) is 7. The van der Waals surface area contributed by atoms with Crippen molar-refractivity contribution < 1.29 is 19.0 Å². The Bertz CT molecular complexity index is 1460. The maximum absolute atomic E-state index is 14.3. The fourth-order valence-electron chi connectivity index (χ4n) is 7.61. The molecule has 0 radical (unpaired) electrons. The molecule has 3 saturated heterocycles. The zero-order valence-corrected chi connectivity index (χ0v) is 25.0. The summed E-state index contributed by atoms with van der Waals surface area (Å²) in [6.45, 7) is 7.04. The number of aromatic nitrogens is 1. The lowest BCUT2D eigenvalue weighted by Gasteiger charge is -2.36. The number of benzene rings is 2. The number of carbonyl (C=O) groups is 1. The van der Waals surface area contributed by atoms with Crippen molar-refractivity contribution >= 4 is 16.8 Å². The van der Waals surface area contributed by atoms with E-state index in [2.05, 4.69) is 22.3 Å². The first-order valence-corrected chi connectivity index (χ1v) is 15.6. The second-order valence-electron chi connectivity index (χ2n) is 13.1. The van der Waals surface area contributed by atoms with E-state index in [1.165, 1.54) is 32.1 Å². The summed E-state index contributed by atoms with van der Waals surface area (Å²) in [6, 6.07) is 17.6. The van der Waals surface area contributed by atoms with Gasteiger partial charge in [-0.15, -0.1) is 0 Å². The summed E-state index contributed by atoms with van der Waals surface area (Å²) in [5, 5.41) is 4.88. The monoisotopic (exact) mass is 570 g/mol. The summed E-state index contributed by atoms with van der Waals surface area (Å²) < 4.78 is 17.6. The van der Waals surface area contributed by atoms with E-state index >= 15 is 0 Å². The average Bonchev–Trinajstić information content (AvgIpc) is 3.66. The molecule has 2 aromatic carbocycles. The van der Waals surface area contributed by atoms with Gasteiger partial charge in [-0.05, 0) is 75.3 Å². The SMILES string of the molecule is COc1cc(C(=O)N(Cc2ccc3ccccc3n2)C[C@@H]2CCCN2CC2C[C@H]3CC[C@@H](C2)N3)cc2c1OC(C)(C)O2. The third-order valence-corrected chi connectivity index (χ3v) is 9.48. The lowest BCUT2D eigenvalue weighted by molar-refractivity contribution is -0.0439. The number of para-hydroxylation sites is 1. The second-order valence-corrected chi connectivity index (χ2v) is 13.1. The molecule has 8 heteroatoms. The van der Waals surface area contributed by atoms with Gasteiger partial charge in [0.05, 0.1) is 24.9 Å². The minimum atomic E-state index is -0.815. The van der Waals surface area contributed by atoms with Crippen molar-refractivity contribution in [2.45, 2.75) is 82.8 Å². The minimum Gasteiger partial charge on any atom is -0.493 e. The van der Waals surface area contributed by atoms with Crippen molar-refractivity contribution in [3.63, 3.8) is 0 Å². The first kappa shape index (κ1) is 27.5. The molecule has 2 bridgehead atoms. The van der Waals surface area contributed by atoms with Crippen LogP contribution < -0.4 is 19.5 Å². The Morgan fingerprint density at radius 3 is 2.71 bits per heavy atom. The van der Waals surface area contributed by atoms with E-state index in [9.17, 15) is 4.79 Å². The Balaban J connectivity index is 1.16. The Kier molecular flexibility index (Phi) is 7.22. The number of ether oxygens (including phenoxy) is 3. The van der Waals surface area contributed by atoms with Gasteiger partial charge in [0.2, 0.25) is 11.5 Å². The molecule has 4 atom stereocenters. The topological polar surface area (TPSA) is 76.2 Å². The standard InChI is InChI=1S/C34H42N4O4/c1-34(2)41-31-18-24(17-30(40-3)32(31)42-34)33(39)38(20-27-11-10-23-7-4-5-9-29(23)36-27)21-28-8-6-14-37(28)19-22-15-25-12-13-26(16-22)35-25/h4-5,7,9-11,17-18,22,25-26,28,35H,6,8,12-16,19-21H2,1-3H3/t22?,25-,26+,28-/m0/s1. The van der Waals surface area contributed by atoms with Crippen molar-refractivity contribution in [3.8, 4) is 17.2 Å². The summed E-state index contributed by atoms with van der Waals surface area (Å²) in [6.07, 6.45) is 7.47. The number of likely N-dealkylation sites (tertiary alicyclic amines) is 1. The van der Waals surface area contributed by atoms with Gasteiger partial charge in [0.15, 0.2) is 11.5 Å². The van der Waals surface area contributed by atoms with Crippen LogP contribution in [0.1, 0.15) is 68.4 Å². The van der Waals surface area contributed by atoms with Crippen molar-refractivity contribution in [1.29, 1.82) is 0 Å². The van der Waals surface area contributed by atoms with E-state index in [0.29, 0.717) is 54.0 Å². The molecule has 0 spiro atoms. The van der Waals surface area contributed by atoms with Crippen molar-refractivity contribution in [2.75, 3.05) is 26.7 Å². The molecule has 3 fully saturated rings. The van der Waals surface area contributed by atoms with Crippen LogP contribution in [0.5, 0.6) is 17.2 Å². The first-order valence-electron chi connectivity index (χ1n) is 15.6. The van der Waals surface area contributed by atoms with Crippen LogP contribution in [0.4, 0.5) is 0 Å². The van der Waals surface area contributed by atoms with Crippen LogP contribution in [0.2, 0.25) is 0 Å². The Hall–Kier alpha value is -3.36. The van der Waals surface area contributed by atoms with Gasteiger partial charge in [-0.25, -0.2) is 0 Å². The highest BCUT2D eigenvalue weighted by atomic mass is 16.7. The quantitative estimate of drug-likeness (QED) is 0.389. The molecular weight excluding hydrogens is 528 g/mol. The van der Waals surface area contributed by atoms with Gasteiger partial charge >= 0.3 is 0 Å². The van der Waals surface area contributed by atoms with E-state index in [1.54, 1.807) is 19.2 Å². The molecule has 0 aliphatic carbocycles. The van der Waals surface area contributed by atoms with Gasteiger partial charge in [-0.1, -0.05) is 24.3 Å². The number of rotatable bonds is 8. The lowest BCUT2D eigenvalue weighted by Crippen LogP contribution is -2.47. The van der Waals surface area contributed by atoms with Gasteiger partial charge in [0.25, 0.3) is 5.91 Å². The molecule has 42 heavy (non-hydrogen) atoms. The van der Waals surface area contributed by atoms with Gasteiger partial charge in [-0.3, -0.25) is 14.7 Å². The lowest BCUT2D eigenvalue weighted by atomic mass is 9.92. The second kappa shape index (κ2) is 11.0. The molecule has 4 aliphatic rings. The van der Waals surface area contributed by atoms with Crippen LogP contribution in [0.15, 0.2) is 48.5 Å². The van der Waals surface area contributed by atoms with Crippen molar-refractivity contribution in [2.24, 2.45) is 5.92 Å². The molecule has 1 unspecified atom stereocenters. The fraction of sp³-hybridized carbons (Fsp3) is 0.529. The maximum atomic E-state index is 14.3. The van der Waals surface area contributed by atoms with Gasteiger partial charge < -0.3 is 24.4 Å². The van der Waals surface area contributed by atoms with E-state index in [0.717, 1.165) is 42.0 Å². The van der Waals surface area contributed by atoms with E-state index < -0.39 is 5.79 Å². The largest absolute Gasteiger partial charge is 0.493 e. The maximum Gasteiger partial charge on any atom is 0.254 e. The highest BCUT2D eigenvalue weighted by Gasteiger charge is 2.38. The van der Waals surface area contributed by atoms with Crippen LogP contribution in [-0.4, -0.2) is 71.3 Å². The van der Waals surface area contributed by atoms with E-state index in [4.69, 9.17) is 19.2 Å². The van der Waals surface area contributed by atoms with Crippen molar-refractivity contribution in [3.05, 3.63) is 59.8 Å². The number of fused-ring (bicyclic) bond motifs is 4. The number of amides is 1. The number of nitrogens with one attached hydrogen (secondary N) is 1. The zero-order valence-electron chi connectivity index (χ0n) is 25.0. The predicted octanol–water partition coefficient (Wildman–Crippen LogP) is 5.39. The van der Waals surface area contributed by atoms with E-state index in [-0.39, 0.29) is 5.91 Å². The summed E-state index contributed by atoms with van der Waals surface area (Å²) in [7, 11) is 1.60. The van der Waals surface area contributed by atoms with E-state index in [1.807, 2.05) is 43.0 Å². The van der Waals surface area contributed by atoms with Crippen LogP contribution in [0, 0.1) is 5.92 Å². The molecule has 8 nitrogen and oxygen atoms in total. The molecule has 1 N–H and O–H groups in total. The molecule has 7 rings (SSSR count).